The molecule has 0 spiro atoms. The average Bonchev–Trinajstić information content (AvgIpc) is 2.83. The van der Waals surface area contributed by atoms with Gasteiger partial charge >= 0.3 is 6.36 Å². The van der Waals surface area contributed by atoms with Crippen LogP contribution in [0.2, 0.25) is 0 Å². The van der Waals surface area contributed by atoms with Gasteiger partial charge in [0.2, 0.25) is 0 Å². The van der Waals surface area contributed by atoms with E-state index in [1.165, 1.54) is 6.07 Å². The van der Waals surface area contributed by atoms with E-state index in [1.807, 2.05) is 11.8 Å². The summed E-state index contributed by atoms with van der Waals surface area (Å²) < 4.78 is 42.3. The van der Waals surface area contributed by atoms with E-state index in [2.05, 4.69) is 26.0 Å². The second-order valence-electron chi connectivity index (χ2n) is 5.07. The minimum absolute atomic E-state index is 0.152. The fraction of sp³-hybridized carbons (Fsp3) is 0.571. The Kier molecular flexibility index (Phi) is 5.37. The molecule has 0 amide bonds. The van der Waals surface area contributed by atoms with Crippen molar-refractivity contribution in [2.24, 2.45) is 5.92 Å². The second kappa shape index (κ2) is 6.87. The highest BCUT2D eigenvalue weighted by molar-refractivity contribution is 9.10. The Hall–Kier alpha value is -0.950. The Labute approximate surface area is 130 Å². The van der Waals surface area contributed by atoms with Gasteiger partial charge in [-0.25, -0.2) is 0 Å². The quantitative estimate of drug-likeness (QED) is 0.857. The highest BCUT2D eigenvalue weighted by Crippen LogP contribution is 2.37. The van der Waals surface area contributed by atoms with Gasteiger partial charge in [-0.1, -0.05) is 22.9 Å². The van der Waals surface area contributed by atoms with Gasteiger partial charge in [0.25, 0.3) is 0 Å². The van der Waals surface area contributed by atoms with E-state index in [1.54, 1.807) is 12.1 Å². The fourth-order valence-corrected chi connectivity index (χ4v) is 2.86. The summed E-state index contributed by atoms with van der Waals surface area (Å²) in [5.41, 5.74) is 0.495. The van der Waals surface area contributed by atoms with Gasteiger partial charge in [-0.15, -0.1) is 13.2 Å². The summed E-state index contributed by atoms with van der Waals surface area (Å²) in [7, 11) is 0. The maximum Gasteiger partial charge on any atom is 0.573 e. The topological polar surface area (TPSA) is 24.5 Å². The lowest BCUT2D eigenvalue weighted by molar-refractivity contribution is -0.274. The predicted molar refractivity (Wildman–Crippen MR) is 79.7 cm³/mol. The van der Waals surface area contributed by atoms with Crippen LogP contribution in [0.15, 0.2) is 22.7 Å². The molecule has 1 aromatic carbocycles. The molecule has 1 N–H and O–H groups in total. The zero-order valence-corrected chi connectivity index (χ0v) is 13.3. The first-order valence-corrected chi connectivity index (χ1v) is 7.69. The van der Waals surface area contributed by atoms with Crippen molar-refractivity contribution in [3.8, 4) is 5.75 Å². The Balaban J connectivity index is 2.12. The molecular weight excluding hydrogens is 349 g/mol. The SMILES string of the molecule is CCNCC1CCN(c2ccc(Br)cc2OC(F)(F)F)C1. The third-order valence-corrected chi connectivity index (χ3v) is 3.95. The molecule has 2 rings (SSSR count). The number of benzene rings is 1. The zero-order valence-electron chi connectivity index (χ0n) is 11.7. The molecule has 0 radical (unpaired) electrons. The molecule has 1 heterocycles. The van der Waals surface area contributed by atoms with Crippen molar-refractivity contribution in [1.29, 1.82) is 0 Å². The van der Waals surface area contributed by atoms with Gasteiger partial charge in [0.15, 0.2) is 5.75 Å². The van der Waals surface area contributed by atoms with Crippen LogP contribution in [0.25, 0.3) is 0 Å². The number of alkyl halides is 3. The lowest BCUT2D eigenvalue weighted by Gasteiger charge is -2.23. The lowest BCUT2D eigenvalue weighted by atomic mass is 10.1. The summed E-state index contributed by atoms with van der Waals surface area (Å²) in [6.45, 7) is 5.31. The van der Waals surface area contributed by atoms with Crippen LogP contribution in [0.5, 0.6) is 5.75 Å². The van der Waals surface area contributed by atoms with Crippen molar-refractivity contribution in [2.75, 3.05) is 31.1 Å². The predicted octanol–water partition coefficient (Wildman–Crippen LogP) is 3.78. The first-order valence-electron chi connectivity index (χ1n) is 6.90. The molecule has 21 heavy (non-hydrogen) atoms. The molecule has 0 saturated carbocycles. The maximum absolute atomic E-state index is 12.5. The molecule has 0 bridgehead atoms. The van der Waals surface area contributed by atoms with Crippen molar-refractivity contribution in [1.82, 2.24) is 5.32 Å². The number of ether oxygens (including phenoxy) is 1. The van der Waals surface area contributed by atoms with Crippen molar-refractivity contribution in [3.05, 3.63) is 22.7 Å². The smallest absolute Gasteiger partial charge is 0.404 e. The molecule has 1 unspecified atom stereocenters. The summed E-state index contributed by atoms with van der Waals surface area (Å²) in [6.07, 6.45) is -3.72. The van der Waals surface area contributed by atoms with E-state index < -0.39 is 6.36 Å². The average molecular weight is 367 g/mol. The monoisotopic (exact) mass is 366 g/mol. The van der Waals surface area contributed by atoms with E-state index in [0.29, 0.717) is 16.1 Å². The highest BCUT2D eigenvalue weighted by atomic mass is 79.9. The van der Waals surface area contributed by atoms with Gasteiger partial charge in [0, 0.05) is 17.6 Å². The summed E-state index contributed by atoms with van der Waals surface area (Å²) in [5.74, 6) is 0.299. The van der Waals surface area contributed by atoms with Gasteiger partial charge in [0.05, 0.1) is 5.69 Å². The van der Waals surface area contributed by atoms with Crippen LogP contribution in [0.3, 0.4) is 0 Å². The Morgan fingerprint density at radius 1 is 1.43 bits per heavy atom. The van der Waals surface area contributed by atoms with Crippen molar-refractivity contribution < 1.29 is 17.9 Å². The van der Waals surface area contributed by atoms with Crippen molar-refractivity contribution in [3.63, 3.8) is 0 Å². The molecule has 0 aromatic heterocycles. The first kappa shape index (κ1) is 16.4. The normalized spacial score (nSPS) is 19.1. The standard InChI is InChI=1S/C14H18BrF3N2O/c1-2-19-8-10-5-6-20(9-10)12-4-3-11(15)7-13(12)21-14(16,17)18/h3-4,7,10,19H,2,5-6,8-9H2,1H3. The van der Waals surface area contributed by atoms with Crippen LogP contribution in [-0.2, 0) is 0 Å². The number of rotatable bonds is 5. The molecule has 7 heteroatoms. The van der Waals surface area contributed by atoms with Crippen LogP contribution in [0, 0.1) is 5.92 Å². The minimum Gasteiger partial charge on any atom is -0.404 e. The third-order valence-electron chi connectivity index (χ3n) is 3.46. The molecule has 0 aliphatic carbocycles. The van der Waals surface area contributed by atoms with E-state index in [-0.39, 0.29) is 5.75 Å². The van der Waals surface area contributed by atoms with Gasteiger partial charge in [0.1, 0.15) is 0 Å². The molecule has 1 aromatic rings. The maximum atomic E-state index is 12.5. The summed E-state index contributed by atoms with van der Waals surface area (Å²) in [4.78, 5) is 1.95. The van der Waals surface area contributed by atoms with Crippen molar-refractivity contribution >= 4 is 21.6 Å². The fourth-order valence-electron chi connectivity index (χ4n) is 2.52. The third kappa shape index (κ3) is 4.78. The summed E-state index contributed by atoms with van der Waals surface area (Å²) in [6, 6.07) is 4.76. The number of anilines is 1. The molecule has 3 nitrogen and oxygen atoms in total. The molecule has 1 saturated heterocycles. The lowest BCUT2D eigenvalue weighted by Crippen LogP contribution is -2.27. The van der Waals surface area contributed by atoms with Crippen LogP contribution in [0.4, 0.5) is 18.9 Å². The molecule has 1 atom stereocenters. The van der Waals surface area contributed by atoms with Crippen LogP contribution < -0.4 is 15.0 Å². The largest absolute Gasteiger partial charge is 0.573 e. The molecule has 1 fully saturated rings. The zero-order chi connectivity index (χ0) is 15.5. The van der Waals surface area contributed by atoms with Gasteiger partial charge in [-0.2, -0.15) is 0 Å². The highest BCUT2D eigenvalue weighted by Gasteiger charge is 2.34. The first-order chi connectivity index (χ1) is 9.89. The van der Waals surface area contributed by atoms with Gasteiger partial charge < -0.3 is 15.0 Å². The van der Waals surface area contributed by atoms with E-state index in [9.17, 15) is 13.2 Å². The molecule has 1 aliphatic heterocycles. The number of hydrogen-bond acceptors (Lipinski definition) is 3. The molecular formula is C14H18BrF3N2O. The van der Waals surface area contributed by atoms with E-state index >= 15 is 0 Å². The minimum atomic E-state index is -4.68. The Morgan fingerprint density at radius 2 is 2.19 bits per heavy atom. The number of nitrogens with one attached hydrogen (secondary N) is 1. The number of nitrogens with zero attached hydrogens (tertiary/aromatic N) is 1. The summed E-state index contributed by atoms with van der Waals surface area (Å²) >= 11 is 3.18. The Morgan fingerprint density at radius 3 is 2.86 bits per heavy atom. The number of halogens is 4. The van der Waals surface area contributed by atoms with Crippen molar-refractivity contribution in [2.45, 2.75) is 19.7 Å². The molecule has 118 valence electrons. The van der Waals surface area contributed by atoms with Gasteiger partial charge in [-0.05, 0) is 43.6 Å². The van der Waals surface area contributed by atoms with Gasteiger partial charge in [-0.3, -0.25) is 0 Å². The Bertz CT molecular complexity index is 482. The summed E-state index contributed by atoms with van der Waals surface area (Å²) in [5, 5.41) is 3.28. The number of hydrogen-bond donors (Lipinski definition) is 1. The van der Waals surface area contributed by atoms with E-state index in [0.717, 1.165) is 32.6 Å². The van der Waals surface area contributed by atoms with E-state index in [4.69, 9.17) is 0 Å². The van der Waals surface area contributed by atoms with Crippen LogP contribution in [0.1, 0.15) is 13.3 Å². The van der Waals surface area contributed by atoms with Crippen LogP contribution in [-0.4, -0.2) is 32.5 Å². The van der Waals surface area contributed by atoms with Crippen LogP contribution >= 0.6 is 15.9 Å². The second-order valence-corrected chi connectivity index (χ2v) is 5.98. The molecule has 1 aliphatic rings.